The van der Waals surface area contributed by atoms with Crippen LogP contribution in [0, 0.1) is 5.92 Å². The molecule has 0 saturated carbocycles. The number of hydrogen-bond acceptors (Lipinski definition) is 4. The highest BCUT2D eigenvalue weighted by atomic mass is 31.2. The minimum absolute atomic E-state index is 0.987. The van der Waals surface area contributed by atoms with Crippen LogP contribution >= 0.6 is 15.2 Å². The lowest BCUT2D eigenvalue weighted by atomic mass is 10.2. The van der Waals surface area contributed by atoms with E-state index in [9.17, 15) is 18.7 Å². The van der Waals surface area contributed by atoms with Crippen molar-refractivity contribution in [1.29, 1.82) is 0 Å². The Morgan fingerprint density at radius 3 is 1.38 bits per heavy atom. The molecule has 0 unspecified atom stereocenters. The summed E-state index contributed by atoms with van der Waals surface area (Å²) in [5.74, 6) is -3.31. The van der Waals surface area contributed by atoms with E-state index in [0.29, 0.717) is 0 Å². The maximum absolute atomic E-state index is 11.2. The molecule has 0 saturated heterocycles. The maximum atomic E-state index is 11.2. The Bertz CT molecular complexity index is 348. The number of rotatable bonds is 4. The monoisotopic (exact) mass is 272 g/mol. The van der Waals surface area contributed by atoms with E-state index in [1.54, 1.807) is 10.2 Å². The average molecular weight is 272 g/mol. The van der Waals surface area contributed by atoms with Gasteiger partial charge in [-0.1, -0.05) is 0 Å². The summed E-state index contributed by atoms with van der Waals surface area (Å²) in [7, 11) is -7.56. The molecule has 0 rings (SSSR count). The van der Waals surface area contributed by atoms with Crippen LogP contribution in [0.25, 0.3) is 0 Å². The number of amides is 2. The molecule has 0 bridgehead atoms. The lowest BCUT2D eigenvalue weighted by Crippen LogP contribution is -2.41. The molecular weight excluding hydrogens is 258 g/mol. The highest BCUT2D eigenvalue weighted by Gasteiger charge is 2.27. The summed E-state index contributed by atoms with van der Waals surface area (Å²) in [6.07, 6.45) is 0. The van der Waals surface area contributed by atoms with Crippen molar-refractivity contribution in [2.75, 3.05) is 0 Å². The van der Waals surface area contributed by atoms with Crippen molar-refractivity contribution < 1.29 is 18.7 Å². The van der Waals surface area contributed by atoms with Crippen molar-refractivity contribution in [3.8, 4) is 0 Å². The predicted molar refractivity (Wildman–Crippen MR) is 57.4 cm³/mol. The predicted octanol–water partition coefficient (Wildman–Crippen LogP) is -2.09. The van der Waals surface area contributed by atoms with Crippen LogP contribution in [0.2, 0.25) is 0 Å². The minimum atomic E-state index is -3.78. The first kappa shape index (κ1) is 15.2. The third-order valence-electron chi connectivity index (χ3n) is 1.36. The largest absolute Gasteiger partial charge is 0.300 e. The molecule has 0 aromatic carbocycles. The van der Waals surface area contributed by atoms with Gasteiger partial charge in [-0.05, 0) is 6.92 Å². The van der Waals surface area contributed by atoms with Gasteiger partial charge in [0.05, 0.1) is 0 Å². The molecule has 0 heterocycles. The van der Waals surface area contributed by atoms with E-state index in [-0.39, 0.29) is 0 Å². The lowest BCUT2D eigenvalue weighted by molar-refractivity contribution is -0.132. The zero-order valence-corrected chi connectivity index (χ0v) is 10.2. The molecule has 0 aliphatic heterocycles. The summed E-state index contributed by atoms with van der Waals surface area (Å²) >= 11 is 0. The summed E-state index contributed by atoms with van der Waals surface area (Å²) < 4.78 is 21.7. The van der Waals surface area contributed by atoms with Gasteiger partial charge >= 0.3 is 0 Å². The fourth-order valence-electron chi connectivity index (χ4n) is 0.657. The van der Waals surface area contributed by atoms with E-state index in [0.717, 1.165) is 6.92 Å². The zero-order valence-electron chi connectivity index (χ0n) is 8.41. The standard InChI is InChI=1S/C4H14N6O4P2/c1-2(3(11)9-15(5,6)13)4(12)10-16(7,8)14/h2H,1H3,(H5,5,6,9,11,13)(H5,7,8,10,12,14). The highest BCUT2D eigenvalue weighted by molar-refractivity contribution is 7.58. The van der Waals surface area contributed by atoms with Gasteiger partial charge < -0.3 is 0 Å². The Balaban J connectivity index is 4.52. The Labute approximate surface area is 91.5 Å². The SMILES string of the molecule is CC(C(=O)NP(N)(N)=O)C(=O)NP(N)(N)=O. The zero-order chi connectivity index (χ0) is 13.1. The van der Waals surface area contributed by atoms with Gasteiger partial charge in [0, 0.05) is 0 Å². The van der Waals surface area contributed by atoms with E-state index >= 15 is 0 Å². The smallest absolute Gasteiger partial charge is 0.283 e. The first-order valence-electron chi connectivity index (χ1n) is 3.91. The van der Waals surface area contributed by atoms with Gasteiger partial charge in [0.2, 0.25) is 11.8 Å². The van der Waals surface area contributed by atoms with Crippen LogP contribution in [0.4, 0.5) is 0 Å². The Morgan fingerprint density at radius 2 is 1.19 bits per heavy atom. The molecule has 0 aliphatic carbocycles. The first-order valence-corrected chi connectivity index (χ1v) is 7.60. The van der Waals surface area contributed by atoms with Crippen LogP contribution < -0.4 is 32.2 Å². The Kier molecular flexibility index (Phi) is 4.81. The first-order chi connectivity index (χ1) is 6.92. The molecule has 10 N–H and O–H groups in total. The Morgan fingerprint density at radius 1 is 0.938 bits per heavy atom. The molecule has 0 aromatic rings. The van der Waals surface area contributed by atoms with Gasteiger partial charge in [-0.25, -0.2) is 0 Å². The van der Waals surface area contributed by atoms with E-state index in [2.05, 4.69) is 0 Å². The molecular formula is C4H14N6O4P2. The third kappa shape index (κ3) is 6.67. The normalized spacial score (nSPS) is 12.4. The molecule has 10 nitrogen and oxygen atoms in total. The second-order valence-corrected chi connectivity index (χ2v) is 6.38. The highest BCUT2D eigenvalue weighted by Crippen LogP contribution is 2.21. The number of carbonyl (C=O) groups is 2. The third-order valence-corrected chi connectivity index (χ3v) is 2.50. The van der Waals surface area contributed by atoms with E-state index in [1.165, 1.54) is 0 Å². The van der Waals surface area contributed by atoms with Crippen LogP contribution in [-0.2, 0) is 18.7 Å². The molecule has 94 valence electrons. The molecule has 2 amide bonds. The van der Waals surface area contributed by atoms with Crippen LogP contribution in [0.1, 0.15) is 6.92 Å². The second-order valence-electron chi connectivity index (χ2n) is 3.09. The molecule has 0 aromatic heterocycles. The number of carbonyl (C=O) groups excluding carboxylic acids is 2. The molecule has 0 atom stereocenters. The maximum Gasteiger partial charge on any atom is 0.300 e. The van der Waals surface area contributed by atoms with Crippen LogP contribution in [-0.4, -0.2) is 11.8 Å². The number of nitrogens with two attached hydrogens (primary N) is 4. The van der Waals surface area contributed by atoms with Crippen LogP contribution in [0.15, 0.2) is 0 Å². The summed E-state index contributed by atoms with van der Waals surface area (Å²) in [6, 6.07) is 0. The van der Waals surface area contributed by atoms with Gasteiger partial charge in [-0.2, -0.15) is 0 Å². The number of hydrogen-bond donors (Lipinski definition) is 6. The minimum Gasteiger partial charge on any atom is -0.283 e. The van der Waals surface area contributed by atoms with Crippen molar-refractivity contribution in [3.05, 3.63) is 0 Å². The van der Waals surface area contributed by atoms with Gasteiger partial charge in [-0.3, -0.25) is 50.9 Å². The lowest BCUT2D eigenvalue weighted by Gasteiger charge is -2.15. The van der Waals surface area contributed by atoms with Crippen molar-refractivity contribution in [2.24, 2.45) is 27.9 Å². The van der Waals surface area contributed by atoms with E-state index < -0.39 is 32.9 Å². The molecule has 16 heavy (non-hydrogen) atoms. The summed E-state index contributed by atoms with van der Waals surface area (Å²) in [5, 5.41) is 3.45. The van der Waals surface area contributed by atoms with Gasteiger partial charge in [0.1, 0.15) is 5.92 Å². The fraction of sp³-hybridized carbons (Fsp3) is 0.500. The second kappa shape index (κ2) is 5.05. The molecule has 0 radical (unpaired) electrons. The molecule has 0 fully saturated rings. The van der Waals surface area contributed by atoms with E-state index in [4.69, 9.17) is 22.0 Å². The fourth-order valence-corrected chi connectivity index (χ4v) is 1.73. The topological polar surface area (TPSA) is 196 Å². The van der Waals surface area contributed by atoms with Crippen molar-refractivity contribution >= 4 is 27.0 Å². The Hall–Kier alpha value is -0.760. The summed E-state index contributed by atoms with van der Waals surface area (Å²) in [4.78, 5) is 22.4. The van der Waals surface area contributed by atoms with Gasteiger partial charge in [0.25, 0.3) is 15.2 Å². The van der Waals surface area contributed by atoms with Gasteiger partial charge in [-0.15, -0.1) is 0 Å². The van der Waals surface area contributed by atoms with Crippen molar-refractivity contribution in [1.82, 2.24) is 10.2 Å². The molecule has 0 aliphatic rings. The van der Waals surface area contributed by atoms with Crippen LogP contribution in [0.3, 0.4) is 0 Å². The van der Waals surface area contributed by atoms with Crippen molar-refractivity contribution in [3.63, 3.8) is 0 Å². The summed E-state index contributed by atoms with van der Waals surface area (Å²) in [6.45, 7) is 1.15. The molecule has 0 spiro atoms. The quantitative estimate of drug-likeness (QED) is 0.247. The average Bonchev–Trinajstić information content (AvgIpc) is 1.96. The van der Waals surface area contributed by atoms with E-state index in [1.807, 2.05) is 0 Å². The number of nitrogens with one attached hydrogen (secondary N) is 2. The van der Waals surface area contributed by atoms with Crippen molar-refractivity contribution in [2.45, 2.75) is 6.92 Å². The molecule has 12 heteroatoms. The summed E-state index contributed by atoms with van der Waals surface area (Å²) in [5.41, 5.74) is 19.5. The van der Waals surface area contributed by atoms with Gasteiger partial charge in [0.15, 0.2) is 0 Å². The van der Waals surface area contributed by atoms with Crippen LogP contribution in [0.5, 0.6) is 0 Å².